The fourth-order valence-electron chi connectivity index (χ4n) is 1.59. The van der Waals surface area contributed by atoms with Gasteiger partial charge >= 0.3 is 0 Å². The summed E-state index contributed by atoms with van der Waals surface area (Å²) >= 11 is 0. The average Bonchev–Trinajstić information content (AvgIpc) is 2.29. The highest BCUT2D eigenvalue weighted by Crippen LogP contribution is 2.11. The van der Waals surface area contributed by atoms with Gasteiger partial charge in [-0.2, -0.15) is 0 Å². The molecule has 0 heterocycles. The van der Waals surface area contributed by atoms with Crippen LogP contribution in [0.1, 0.15) is 19.4 Å². The lowest BCUT2D eigenvalue weighted by Gasteiger charge is -2.15. The van der Waals surface area contributed by atoms with Crippen molar-refractivity contribution in [3.8, 4) is 0 Å². The molecule has 3 N–H and O–H groups in total. The van der Waals surface area contributed by atoms with Crippen LogP contribution in [0.5, 0.6) is 0 Å². The summed E-state index contributed by atoms with van der Waals surface area (Å²) in [6, 6.07) is 7.37. The number of hydrogen-bond donors (Lipinski definition) is 2. The number of nitrogens with zero attached hydrogens (tertiary/aromatic N) is 1. The van der Waals surface area contributed by atoms with Gasteiger partial charge in [0.05, 0.1) is 6.04 Å². The molecule has 0 aliphatic heterocycles. The number of nitrogens with one attached hydrogen (secondary N) is 1. The Kier molecular flexibility index (Phi) is 5.31. The fourth-order valence-corrected chi connectivity index (χ4v) is 1.59. The van der Waals surface area contributed by atoms with Crippen molar-refractivity contribution in [2.45, 2.75) is 26.4 Å². The molecule has 0 saturated heterocycles. The lowest BCUT2D eigenvalue weighted by molar-refractivity contribution is -0.118. The van der Waals surface area contributed by atoms with Crippen molar-refractivity contribution in [3.05, 3.63) is 29.8 Å². The maximum absolute atomic E-state index is 11.8. The van der Waals surface area contributed by atoms with E-state index in [1.807, 2.05) is 52.2 Å². The predicted octanol–water partition coefficient (Wildman–Crippen LogP) is 1.67. The Morgan fingerprint density at radius 2 is 1.83 bits per heavy atom. The van der Waals surface area contributed by atoms with E-state index < -0.39 is 6.04 Å². The second-order valence-electron chi connectivity index (χ2n) is 5.19. The minimum absolute atomic E-state index is 0.134. The molecule has 4 heteroatoms. The molecule has 4 nitrogen and oxygen atoms in total. The van der Waals surface area contributed by atoms with E-state index in [1.54, 1.807) is 0 Å². The molecule has 1 amide bonds. The number of hydrogen-bond acceptors (Lipinski definition) is 3. The second-order valence-corrected chi connectivity index (χ2v) is 5.19. The molecule has 0 aromatic heterocycles. The highest BCUT2D eigenvalue weighted by molar-refractivity contribution is 5.94. The Labute approximate surface area is 109 Å². The summed E-state index contributed by atoms with van der Waals surface area (Å²) in [5, 5.41) is 2.83. The Hall–Kier alpha value is -1.39. The highest BCUT2D eigenvalue weighted by atomic mass is 16.2. The van der Waals surface area contributed by atoms with Crippen LogP contribution in [-0.4, -0.2) is 30.9 Å². The highest BCUT2D eigenvalue weighted by Gasteiger charge is 2.16. The maximum Gasteiger partial charge on any atom is 0.241 e. The third-order valence-corrected chi connectivity index (χ3v) is 2.74. The number of anilines is 1. The molecule has 100 valence electrons. The van der Waals surface area contributed by atoms with Crippen LogP contribution in [0, 0.1) is 5.92 Å². The lowest BCUT2D eigenvalue weighted by atomic mass is 10.0. The van der Waals surface area contributed by atoms with E-state index in [4.69, 9.17) is 5.73 Å². The number of benzene rings is 1. The fraction of sp³-hybridized carbons (Fsp3) is 0.500. The molecule has 0 aliphatic rings. The van der Waals surface area contributed by atoms with Crippen LogP contribution in [0.25, 0.3) is 0 Å². The van der Waals surface area contributed by atoms with E-state index in [0.717, 1.165) is 12.2 Å². The molecule has 0 saturated carbocycles. The topological polar surface area (TPSA) is 58.4 Å². The van der Waals surface area contributed by atoms with Crippen molar-refractivity contribution in [3.63, 3.8) is 0 Å². The normalized spacial score (nSPS) is 12.8. The largest absolute Gasteiger partial charge is 0.325 e. The zero-order valence-corrected chi connectivity index (χ0v) is 11.6. The van der Waals surface area contributed by atoms with Gasteiger partial charge in [-0.3, -0.25) is 4.79 Å². The van der Waals surface area contributed by atoms with E-state index in [9.17, 15) is 4.79 Å². The van der Waals surface area contributed by atoms with Crippen molar-refractivity contribution in [2.24, 2.45) is 11.7 Å². The van der Waals surface area contributed by atoms with Gasteiger partial charge in [0.2, 0.25) is 5.91 Å². The van der Waals surface area contributed by atoms with E-state index in [0.29, 0.717) is 0 Å². The molecule has 1 rings (SSSR count). The van der Waals surface area contributed by atoms with E-state index in [1.165, 1.54) is 5.56 Å². The van der Waals surface area contributed by atoms with E-state index in [2.05, 4.69) is 10.2 Å². The lowest BCUT2D eigenvalue weighted by Crippen LogP contribution is -2.39. The molecule has 0 spiro atoms. The van der Waals surface area contributed by atoms with Crippen LogP contribution < -0.4 is 11.1 Å². The van der Waals surface area contributed by atoms with Gasteiger partial charge in [-0.05, 0) is 37.7 Å². The summed E-state index contributed by atoms with van der Waals surface area (Å²) in [6.45, 7) is 4.76. The number of carbonyl (C=O) groups is 1. The molecule has 0 bridgehead atoms. The number of amides is 1. The van der Waals surface area contributed by atoms with Crippen molar-refractivity contribution in [2.75, 3.05) is 19.4 Å². The number of rotatable bonds is 5. The van der Waals surface area contributed by atoms with Gasteiger partial charge in [0, 0.05) is 12.2 Å². The van der Waals surface area contributed by atoms with Gasteiger partial charge in [-0.15, -0.1) is 0 Å². The molecule has 0 aliphatic carbocycles. The van der Waals surface area contributed by atoms with Gasteiger partial charge in [0.1, 0.15) is 0 Å². The quantitative estimate of drug-likeness (QED) is 0.834. The first-order valence-electron chi connectivity index (χ1n) is 6.20. The molecule has 1 aromatic carbocycles. The Morgan fingerprint density at radius 3 is 2.28 bits per heavy atom. The summed E-state index contributed by atoms with van der Waals surface area (Å²) in [7, 11) is 4.05. The monoisotopic (exact) mass is 249 g/mol. The Bertz CT molecular complexity index is 385. The van der Waals surface area contributed by atoms with Crippen LogP contribution in [0.4, 0.5) is 5.69 Å². The van der Waals surface area contributed by atoms with Gasteiger partial charge in [0.25, 0.3) is 0 Å². The summed E-state index contributed by atoms with van der Waals surface area (Å²) in [4.78, 5) is 13.9. The van der Waals surface area contributed by atoms with Crippen LogP contribution >= 0.6 is 0 Å². The summed E-state index contributed by atoms with van der Waals surface area (Å²) in [5.41, 5.74) is 7.79. The van der Waals surface area contributed by atoms with Gasteiger partial charge < -0.3 is 16.0 Å². The minimum Gasteiger partial charge on any atom is -0.325 e. The Morgan fingerprint density at radius 1 is 1.28 bits per heavy atom. The van der Waals surface area contributed by atoms with Crippen LogP contribution in [0.15, 0.2) is 24.3 Å². The molecule has 1 atom stereocenters. The van der Waals surface area contributed by atoms with Crippen LogP contribution in [0.3, 0.4) is 0 Å². The number of nitrogens with two attached hydrogens (primary N) is 1. The van der Waals surface area contributed by atoms with E-state index in [-0.39, 0.29) is 11.8 Å². The van der Waals surface area contributed by atoms with Gasteiger partial charge in [-0.25, -0.2) is 0 Å². The first kappa shape index (κ1) is 14.7. The standard InChI is InChI=1S/C14H23N3O/c1-10(2)13(15)14(18)16-12-7-5-11(6-8-12)9-17(3)4/h5-8,10,13H,9,15H2,1-4H3,(H,16,18)/t13-/m1/s1. The maximum atomic E-state index is 11.8. The molecule has 1 aromatic rings. The van der Waals surface area contributed by atoms with Gasteiger partial charge in [0.15, 0.2) is 0 Å². The van der Waals surface area contributed by atoms with Crippen molar-refractivity contribution < 1.29 is 4.79 Å². The summed E-state index contributed by atoms with van der Waals surface area (Å²) in [5.74, 6) is 0.00312. The molecule has 0 radical (unpaired) electrons. The minimum atomic E-state index is -0.466. The van der Waals surface area contributed by atoms with Crippen LogP contribution in [0.2, 0.25) is 0 Å². The van der Waals surface area contributed by atoms with Crippen molar-refractivity contribution in [1.29, 1.82) is 0 Å². The molecule has 0 unspecified atom stereocenters. The summed E-state index contributed by atoms with van der Waals surface area (Å²) < 4.78 is 0. The molecular formula is C14H23N3O. The van der Waals surface area contributed by atoms with E-state index >= 15 is 0 Å². The second kappa shape index (κ2) is 6.52. The van der Waals surface area contributed by atoms with Crippen molar-refractivity contribution >= 4 is 11.6 Å². The van der Waals surface area contributed by atoms with Crippen molar-refractivity contribution in [1.82, 2.24) is 4.90 Å². The van der Waals surface area contributed by atoms with Gasteiger partial charge in [-0.1, -0.05) is 26.0 Å². The molecular weight excluding hydrogens is 226 g/mol. The number of carbonyl (C=O) groups excluding carboxylic acids is 1. The smallest absolute Gasteiger partial charge is 0.241 e. The Balaban J connectivity index is 2.61. The average molecular weight is 249 g/mol. The van der Waals surface area contributed by atoms with Crippen LogP contribution in [-0.2, 0) is 11.3 Å². The molecule has 18 heavy (non-hydrogen) atoms. The molecule has 0 fully saturated rings. The third-order valence-electron chi connectivity index (χ3n) is 2.74. The first-order valence-corrected chi connectivity index (χ1v) is 6.20. The summed E-state index contributed by atoms with van der Waals surface area (Å²) in [6.07, 6.45) is 0. The first-order chi connectivity index (χ1) is 8.40. The third kappa shape index (κ3) is 4.47. The SMILES string of the molecule is CC(C)[C@@H](N)C(=O)Nc1ccc(CN(C)C)cc1. The predicted molar refractivity (Wildman–Crippen MR) is 75.3 cm³/mol. The zero-order chi connectivity index (χ0) is 13.7. The zero-order valence-electron chi connectivity index (χ0n) is 11.6.